The van der Waals surface area contributed by atoms with E-state index in [1.807, 2.05) is 13.8 Å². The fourth-order valence-electron chi connectivity index (χ4n) is 0.820. The molecule has 3 N–H and O–H groups in total. The van der Waals surface area contributed by atoms with Crippen LogP contribution in [0.4, 0.5) is 13.2 Å². The molecule has 0 radical (unpaired) electrons. The van der Waals surface area contributed by atoms with Crippen molar-refractivity contribution in [3.05, 3.63) is 0 Å². The maximum absolute atomic E-state index is 12.1. The number of hydrogen-bond donors (Lipinski definition) is 2. The summed E-state index contributed by atoms with van der Waals surface area (Å²) >= 11 is 0. The molecule has 0 aliphatic carbocycles. The van der Waals surface area contributed by atoms with Crippen LogP contribution in [-0.2, 0) is 0 Å². The Bertz CT molecular complexity index is 124. The topological polar surface area (TPSA) is 38.0 Å². The highest BCUT2D eigenvalue weighted by molar-refractivity contribution is 4.74. The van der Waals surface area contributed by atoms with Gasteiger partial charge < -0.3 is 11.1 Å². The average Bonchev–Trinajstić information content (AvgIpc) is 2.06. The van der Waals surface area contributed by atoms with E-state index in [1.54, 1.807) is 6.92 Å². The molecule has 2 unspecified atom stereocenters. The van der Waals surface area contributed by atoms with Crippen LogP contribution in [0.15, 0.2) is 0 Å². The summed E-state index contributed by atoms with van der Waals surface area (Å²) in [6.07, 6.45) is -4.13. The van der Waals surface area contributed by atoms with E-state index in [-0.39, 0.29) is 19.0 Å². The SMILES string of the molecule is CC.CCC(NCC(C)N)C(F)(F)F. The van der Waals surface area contributed by atoms with Crippen LogP contribution >= 0.6 is 0 Å². The third-order valence-electron chi connectivity index (χ3n) is 1.49. The predicted molar refractivity (Wildman–Crippen MR) is 53.1 cm³/mol. The van der Waals surface area contributed by atoms with Gasteiger partial charge in [-0.1, -0.05) is 20.8 Å². The van der Waals surface area contributed by atoms with E-state index in [2.05, 4.69) is 5.32 Å². The van der Waals surface area contributed by atoms with E-state index in [0.29, 0.717) is 0 Å². The molecule has 0 amide bonds. The van der Waals surface area contributed by atoms with Crippen LogP contribution in [0, 0.1) is 0 Å². The minimum Gasteiger partial charge on any atom is -0.327 e. The molecule has 88 valence electrons. The standard InChI is InChI=1S/C7H15F3N2.C2H6/c1-3-6(7(8,9)10)12-4-5(2)11;1-2/h5-6,12H,3-4,11H2,1-2H3;1-2H3. The molecule has 0 spiro atoms. The third-order valence-corrected chi connectivity index (χ3v) is 1.49. The highest BCUT2D eigenvalue weighted by atomic mass is 19.4. The Balaban J connectivity index is 0. The molecule has 0 rings (SSSR count). The Morgan fingerprint density at radius 1 is 1.29 bits per heavy atom. The van der Waals surface area contributed by atoms with Gasteiger partial charge in [-0.2, -0.15) is 13.2 Å². The molecule has 0 heterocycles. The van der Waals surface area contributed by atoms with Crippen LogP contribution in [0.5, 0.6) is 0 Å². The predicted octanol–water partition coefficient (Wildman–Crippen LogP) is 2.29. The Hall–Kier alpha value is -0.290. The van der Waals surface area contributed by atoms with Crippen LogP contribution < -0.4 is 11.1 Å². The van der Waals surface area contributed by atoms with Gasteiger partial charge in [0.05, 0.1) is 0 Å². The molecule has 0 aliphatic rings. The number of nitrogens with one attached hydrogen (secondary N) is 1. The third kappa shape index (κ3) is 8.31. The van der Waals surface area contributed by atoms with Crippen molar-refractivity contribution < 1.29 is 13.2 Å². The largest absolute Gasteiger partial charge is 0.403 e. The van der Waals surface area contributed by atoms with E-state index >= 15 is 0 Å². The molecular weight excluding hydrogens is 193 g/mol. The van der Waals surface area contributed by atoms with Crippen molar-refractivity contribution in [3.8, 4) is 0 Å². The first-order valence-corrected chi connectivity index (χ1v) is 4.93. The van der Waals surface area contributed by atoms with Crippen molar-refractivity contribution in [2.24, 2.45) is 5.73 Å². The first-order valence-electron chi connectivity index (χ1n) is 4.93. The molecule has 0 fully saturated rings. The van der Waals surface area contributed by atoms with E-state index in [0.717, 1.165) is 0 Å². The van der Waals surface area contributed by atoms with Gasteiger partial charge in [0.25, 0.3) is 0 Å². The maximum atomic E-state index is 12.1. The first kappa shape index (κ1) is 16.2. The van der Waals surface area contributed by atoms with Crippen LogP contribution in [0.2, 0.25) is 0 Å². The van der Waals surface area contributed by atoms with Gasteiger partial charge in [-0.15, -0.1) is 0 Å². The highest BCUT2D eigenvalue weighted by Gasteiger charge is 2.37. The lowest BCUT2D eigenvalue weighted by atomic mass is 10.2. The maximum Gasteiger partial charge on any atom is 0.403 e. The molecule has 0 aromatic rings. The summed E-state index contributed by atoms with van der Waals surface area (Å²) in [5.41, 5.74) is 5.31. The van der Waals surface area contributed by atoms with Gasteiger partial charge in [0.1, 0.15) is 6.04 Å². The second-order valence-corrected chi connectivity index (χ2v) is 2.89. The number of alkyl halides is 3. The summed E-state index contributed by atoms with van der Waals surface area (Å²) in [7, 11) is 0. The summed E-state index contributed by atoms with van der Waals surface area (Å²) < 4.78 is 36.2. The zero-order valence-electron chi connectivity index (χ0n) is 9.28. The molecule has 5 heteroatoms. The van der Waals surface area contributed by atoms with Crippen molar-refractivity contribution >= 4 is 0 Å². The molecule has 0 saturated heterocycles. The van der Waals surface area contributed by atoms with Crippen LogP contribution in [0.25, 0.3) is 0 Å². The normalized spacial score (nSPS) is 15.4. The Kier molecular flexibility index (Phi) is 9.29. The number of rotatable bonds is 4. The summed E-state index contributed by atoms with van der Waals surface area (Å²) in [6, 6.07) is -1.68. The summed E-state index contributed by atoms with van der Waals surface area (Å²) in [6.45, 7) is 7.35. The molecule has 0 aliphatic heterocycles. The molecule has 14 heavy (non-hydrogen) atoms. The zero-order valence-corrected chi connectivity index (χ0v) is 9.28. The smallest absolute Gasteiger partial charge is 0.327 e. The lowest BCUT2D eigenvalue weighted by Crippen LogP contribution is -2.45. The minimum absolute atomic E-state index is 0.0379. The second-order valence-electron chi connectivity index (χ2n) is 2.89. The number of hydrogen-bond acceptors (Lipinski definition) is 2. The molecule has 2 nitrogen and oxygen atoms in total. The monoisotopic (exact) mass is 214 g/mol. The van der Waals surface area contributed by atoms with E-state index in [4.69, 9.17) is 5.73 Å². The molecule has 0 aromatic heterocycles. The van der Waals surface area contributed by atoms with Gasteiger partial charge in [0, 0.05) is 12.6 Å². The van der Waals surface area contributed by atoms with Crippen molar-refractivity contribution in [2.45, 2.75) is 52.4 Å². The summed E-state index contributed by atoms with van der Waals surface area (Å²) in [5, 5.41) is 2.36. The molecule has 0 bridgehead atoms. The lowest BCUT2D eigenvalue weighted by molar-refractivity contribution is -0.156. The summed E-state index contributed by atoms with van der Waals surface area (Å²) in [5.74, 6) is 0. The highest BCUT2D eigenvalue weighted by Crippen LogP contribution is 2.21. The van der Waals surface area contributed by atoms with Crippen molar-refractivity contribution in [2.75, 3.05) is 6.54 Å². The Morgan fingerprint density at radius 2 is 1.71 bits per heavy atom. The zero-order chi connectivity index (χ0) is 11.8. The lowest BCUT2D eigenvalue weighted by Gasteiger charge is -2.20. The quantitative estimate of drug-likeness (QED) is 0.753. The molecular formula is C9H21F3N2. The van der Waals surface area contributed by atoms with Gasteiger partial charge in [-0.3, -0.25) is 0 Å². The number of nitrogens with two attached hydrogens (primary N) is 1. The van der Waals surface area contributed by atoms with Crippen molar-refractivity contribution in [1.82, 2.24) is 5.32 Å². The van der Waals surface area contributed by atoms with Gasteiger partial charge in [-0.05, 0) is 13.3 Å². The summed E-state index contributed by atoms with van der Waals surface area (Å²) in [4.78, 5) is 0. The average molecular weight is 214 g/mol. The van der Waals surface area contributed by atoms with E-state index in [1.165, 1.54) is 6.92 Å². The van der Waals surface area contributed by atoms with Crippen LogP contribution in [0.3, 0.4) is 0 Å². The Morgan fingerprint density at radius 3 is 1.93 bits per heavy atom. The van der Waals surface area contributed by atoms with Gasteiger partial charge in [0.15, 0.2) is 0 Å². The molecule has 0 saturated carbocycles. The van der Waals surface area contributed by atoms with Crippen LogP contribution in [0.1, 0.15) is 34.1 Å². The number of halogens is 3. The molecule has 0 aromatic carbocycles. The van der Waals surface area contributed by atoms with Gasteiger partial charge in [0.2, 0.25) is 0 Å². The second kappa shape index (κ2) is 8.05. The fourth-order valence-corrected chi connectivity index (χ4v) is 0.820. The van der Waals surface area contributed by atoms with Crippen molar-refractivity contribution in [1.29, 1.82) is 0 Å². The van der Waals surface area contributed by atoms with E-state index in [9.17, 15) is 13.2 Å². The first-order chi connectivity index (χ1) is 6.38. The molecule has 2 atom stereocenters. The van der Waals surface area contributed by atoms with Gasteiger partial charge >= 0.3 is 6.18 Å². The van der Waals surface area contributed by atoms with Crippen molar-refractivity contribution in [3.63, 3.8) is 0 Å². The van der Waals surface area contributed by atoms with E-state index < -0.39 is 12.2 Å². The minimum atomic E-state index is -4.16. The van der Waals surface area contributed by atoms with Gasteiger partial charge in [-0.25, -0.2) is 0 Å². The Labute approximate surface area is 84.1 Å². The fraction of sp³-hybridized carbons (Fsp3) is 1.00. The van der Waals surface area contributed by atoms with Crippen LogP contribution in [-0.4, -0.2) is 24.8 Å².